The summed E-state index contributed by atoms with van der Waals surface area (Å²) in [5.41, 5.74) is 2.33. The average molecular weight is 483 g/mol. The van der Waals surface area contributed by atoms with Gasteiger partial charge >= 0.3 is 5.97 Å². The SMILES string of the molecule is CCOC(=O)/C(C)=C/C(OCOC)C(OCOC)c1ccccc1CO[Si](C)(C)C(C)(C)C. The van der Waals surface area contributed by atoms with Gasteiger partial charge in [0.25, 0.3) is 0 Å². The molecule has 0 spiro atoms. The lowest BCUT2D eigenvalue weighted by atomic mass is 9.97. The molecule has 1 rings (SSSR count). The van der Waals surface area contributed by atoms with Gasteiger partial charge in [-0.1, -0.05) is 45.0 Å². The molecule has 0 amide bonds. The lowest BCUT2D eigenvalue weighted by Crippen LogP contribution is -2.40. The Kier molecular flexibility index (Phi) is 12.5. The zero-order valence-electron chi connectivity index (χ0n) is 21.7. The van der Waals surface area contributed by atoms with Gasteiger partial charge in [-0.2, -0.15) is 0 Å². The number of hydrogen-bond donors (Lipinski definition) is 0. The third-order valence-corrected chi connectivity index (χ3v) is 10.3. The van der Waals surface area contributed by atoms with E-state index in [1.165, 1.54) is 0 Å². The van der Waals surface area contributed by atoms with Crippen molar-refractivity contribution >= 4 is 14.3 Å². The molecule has 33 heavy (non-hydrogen) atoms. The second-order valence-electron chi connectivity index (χ2n) is 9.35. The van der Waals surface area contributed by atoms with Gasteiger partial charge < -0.3 is 28.1 Å². The van der Waals surface area contributed by atoms with E-state index in [4.69, 9.17) is 28.1 Å². The molecule has 0 aliphatic rings. The first-order valence-corrected chi connectivity index (χ1v) is 14.2. The molecule has 0 aliphatic heterocycles. The number of methoxy groups -OCH3 is 2. The summed E-state index contributed by atoms with van der Waals surface area (Å²) in [5, 5.41) is 0.0947. The third-order valence-electron chi connectivity index (χ3n) is 5.81. The molecule has 0 N–H and O–H groups in total. The zero-order valence-corrected chi connectivity index (χ0v) is 22.7. The third kappa shape index (κ3) is 9.31. The second-order valence-corrected chi connectivity index (χ2v) is 14.2. The van der Waals surface area contributed by atoms with E-state index in [1.807, 2.05) is 24.3 Å². The number of ether oxygens (including phenoxy) is 5. The van der Waals surface area contributed by atoms with Crippen molar-refractivity contribution in [3.8, 4) is 0 Å². The van der Waals surface area contributed by atoms with Gasteiger partial charge in [-0.25, -0.2) is 4.79 Å². The summed E-state index contributed by atoms with van der Waals surface area (Å²) < 4.78 is 34.0. The number of hydrogen-bond acceptors (Lipinski definition) is 7. The molecule has 0 aliphatic carbocycles. The Morgan fingerprint density at radius 2 is 1.67 bits per heavy atom. The highest BCUT2D eigenvalue weighted by atomic mass is 28.4. The standard InChI is InChI=1S/C25H42O7Si/c1-10-29-24(26)19(2)15-22(30-17-27-6)23(31-18-28-7)21-14-12-11-13-20(21)16-32-33(8,9)25(3,4)5/h11-15,22-23H,10,16-18H2,1-9H3/b19-15+. The van der Waals surface area contributed by atoms with Crippen LogP contribution < -0.4 is 0 Å². The molecule has 0 aromatic heterocycles. The molecule has 1 aromatic rings. The fourth-order valence-corrected chi connectivity index (χ4v) is 3.80. The van der Waals surface area contributed by atoms with E-state index < -0.39 is 26.5 Å². The van der Waals surface area contributed by atoms with Crippen molar-refractivity contribution in [1.82, 2.24) is 0 Å². The Balaban J connectivity index is 3.36. The van der Waals surface area contributed by atoms with Gasteiger partial charge in [0.2, 0.25) is 0 Å². The van der Waals surface area contributed by atoms with Crippen LogP contribution in [-0.4, -0.2) is 54.8 Å². The smallest absolute Gasteiger partial charge is 0.333 e. The molecule has 0 saturated carbocycles. The van der Waals surface area contributed by atoms with E-state index in [0.717, 1.165) is 11.1 Å². The van der Waals surface area contributed by atoms with Crippen LogP contribution in [0.25, 0.3) is 0 Å². The highest BCUT2D eigenvalue weighted by Gasteiger charge is 2.37. The van der Waals surface area contributed by atoms with E-state index in [1.54, 1.807) is 34.1 Å². The van der Waals surface area contributed by atoms with Crippen LogP contribution >= 0.6 is 0 Å². The summed E-state index contributed by atoms with van der Waals surface area (Å²) in [6.07, 6.45) is 0.547. The molecular formula is C25H42O7Si. The molecule has 0 bridgehead atoms. The minimum absolute atomic E-state index is 0.0345. The van der Waals surface area contributed by atoms with E-state index in [2.05, 4.69) is 33.9 Å². The maximum absolute atomic E-state index is 12.2. The maximum Gasteiger partial charge on any atom is 0.333 e. The van der Waals surface area contributed by atoms with Crippen LogP contribution in [0, 0.1) is 0 Å². The fourth-order valence-electron chi connectivity index (χ4n) is 2.85. The maximum atomic E-state index is 12.2. The van der Waals surface area contributed by atoms with E-state index >= 15 is 0 Å². The Hall–Kier alpha value is -1.55. The van der Waals surface area contributed by atoms with Crippen LogP contribution in [-0.2, 0) is 39.5 Å². The molecule has 2 atom stereocenters. The Morgan fingerprint density at radius 1 is 1.06 bits per heavy atom. The lowest BCUT2D eigenvalue weighted by molar-refractivity contribution is -0.147. The van der Waals surface area contributed by atoms with Crippen molar-refractivity contribution in [2.75, 3.05) is 34.4 Å². The molecule has 1 aromatic carbocycles. The molecule has 2 unspecified atom stereocenters. The lowest BCUT2D eigenvalue weighted by Gasteiger charge is -2.36. The van der Waals surface area contributed by atoms with Crippen LogP contribution in [0.5, 0.6) is 0 Å². The summed E-state index contributed by atoms with van der Waals surface area (Å²) in [4.78, 5) is 12.2. The topological polar surface area (TPSA) is 72.5 Å². The van der Waals surface area contributed by atoms with Crippen molar-refractivity contribution < 1.29 is 32.9 Å². The first kappa shape index (κ1) is 29.5. The van der Waals surface area contributed by atoms with Crippen molar-refractivity contribution in [1.29, 1.82) is 0 Å². The van der Waals surface area contributed by atoms with Gasteiger partial charge in [0, 0.05) is 19.8 Å². The highest BCUT2D eigenvalue weighted by Crippen LogP contribution is 2.38. The minimum Gasteiger partial charge on any atom is -0.463 e. The Morgan fingerprint density at radius 3 is 2.24 bits per heavy atom. The molecule has 8 heteroatoms. The van der Waals surface area contributed by atoms with Gasteiger partial charge in [0.05, 0.1) is 13.2 Å². The van der Waals surface area contributed by atoms with Gasteiger partial charge in [-0.3, -0.25) is 0 Å². The largest absolute Gasteiger partial charge is 0.463 e. The molecular weight excluding hydrogens is 440 g/mol. The van der Waals surface area contributed by atoms with E-state index in [9.17, 15) is 4.79 Å². The van der Waals surface area contributed by atoms with E-state index in [0.29, 0.717) is 18.8 Å². The van der Waals surface area contributed by atoms with E-state index in [-0.39, 0.29) is 18.6 Å². The number of carbonyl (C=O) groups excluding carboxylic acids is 1. The van der Waals surface area contributed by atoms with Crippen molar-refractivity contribution in [3.05, 3.63) is 47.0 Å². The number of carbonyl (C=O) groups is 1. The van der Waals surface area contributed by atoms with Crippen LogP contribution in [0.15, 0.2) is 35.9 Å². The molecule has 188 valence electrons. The van der Waals surface area contributed by atoms with Gasteiger partial charge in [0.15, 0.2) is 8.32 Å². The van der Waals surface area contributed by atoms with Crippen molar-refractivity contribution in [2.45, 2.75) is 71.6 Å². The Labute approximate surface area is 200 Å². The molecule has 0 heterocycles. The van der Waals surface area contributed by atoms with Crippen molar-refractivity contribution in [2.24, 2.45) is 0 Å². The number of esters is 1. The van der Waals surface area contributed by atoms with Crippen molar-refractivity contribution in [3.63, 3.8) is 0 Å². The highest BCUT2D eigenvalue weighted by molar-refractivity contribution is 6.74. The molecule has 7 nitrogen and oxygen atoms in total. The normalized spacial score (nSPS) is 14.8. The fraction of sp³-hybridized carbons (Fsp3) is 0.640. The van der Waals surface area contributed by atoms with Gasteiger partial charge in [0.1, 0.15) is 25.8 Å². The number of benzene rings is 1. The summed E-state index contributed by atoms with van der Waals surface area (Å²) >= 11 is 0. The monoisotopic (exact) mass is 482 g/mol. The predicted octanol–water partition coefficient (Wildman–Crippen LogP) is 5.37. The minimum atomic E-state index is -1.96. The number of rotatable bonds is 14. The first-order chi connectivity index (χ1) is 15.5. The second kappa shape index (κ2) is 14.0. The zero-order chi connectivity index (χ0) is 25.1. The van der Waals surface area contributed by atoms with Crippen LogP contribution in [0.1, 0.15) is 51.8 Å². The summed E-state index contributed by atoms with van der Waals surface area (Å²) in [6, 6.07) is 7.94. The summed E-state index contributed by atoms with van der Waals surface area (Å²) in [6.45, 7) is 15.4. The molecule has 0 radical (unpaired) electrons. The van der Waals surface area contributed by atoms with Crippen LogP contribution in [0.4, 0.5) is 0 Å². The summed E-state index contributed by atoms with van der Waals surface area (Å²) in [5.74, 6) is -0.399. The molecule has 0 fully saturated rings. The first-order valence-electron chi connectivity index (χ1n) is 11.3. The average Bonchev–Trinajstić information content (AvgIpc) is 2.75. The van der Waals surface area contributed by atoms with Gasteiger partial charge in [-0.15, -0.1) is 0 Å². The molecule has 0 saturated heterocycles. The van der Waals surface area contributed by atoms with Crippen LogP contribution in [0.2, 0.25) is 18.1 Å². The van der Waals surface area contributed by atoms with Crippen LogP contribution in [0.3, 0.4) is 0 Å². The van der Waals surface area contributed by atoms with Gasteiger partial charge in [-0.05, 0) is 49.2 Å². The predicted molar refractivity (Wildman–Crippen MR) is 131 cm³/mol. The summed E-state index contributed by atoms with van der Waals surface area (Å²) in [7, 11) is 1.15. The Bertz CT molecular complexity index is 755. The quantitative estimate of drug-likeness (QED) is 0.153.